The molecule has 0 aromatic carbocycles. The first kappa shape index (κ1) is 23.5. The molecule has 3 aromatic heterocycles. The van der Waals surface area contributed by atoms with Gasteiger partial charge in [0.05, 0.1) is 29.5 Å². The molecule has 1 unspecified atom stereocenters. The molecular formula is C25H33FN8O. The van der Waals surface area contributed by atoms with Gasteiger partial charge in [-0.3, -0.25) is 9.69 Å². The van der Waals surface area contributed by atoms with Crippen LogP contribution in [0.5, 0.6) is 0 Å². The third kappa shape index (κ3) is 4.31. The lowest BCUT2D eigenvalue weighted by Gasteiger charge is -2.43. The van der Waals surface area contributed by atoms with E-state index >= 15 is 0 Å². The van der Waals surface area contributed by atoms with Crippen molar-refractivity contribution in [2.24, 2.45) is 5.92 Å². The predicted molar refractivity (Wildman–Crippen MR) is 133 cm³/mol. The second kappa shape index (κ2) is 8.75. The number of carbonyl (C=O) groups excluding carboxylic acids is 1. The highest BCUT2D eigenvalue weighted by Gasteiger charge is 2.38. The van der Waals surface area contributed by atoms with Gasteiger partial charge in [-0.15, -0.1) is 0 Å². The summed E-state index contributed by atoms with van der Waals surface area (Å²) >= 11 is 0. The highest BCUT2D eigenvalue weighted by molar-refractivity contribution is 5.82. The molecule has 2 atom stereocenters. The number of anilines is 2. The van der Waals surface area contributed by atoms with Gasteiger partial charge < -0.3 is 19.5 Å². The lowest BCUT2D eigenvalue weighted by molar-refractivity contribution is -0.127. The van der Waals surface area contributed by atoms with E-state index in [0.717, 1.165) is 24.4 Å². The number of piperazine rings is 1. The fraction of sp³-hybridized carbons (Fsp3) is 0.520. The van der Waals surface area contributed by atoms with Crippen molar-refractivity contribution in [2.75, 3.05) is 43.0 Å². The molecule has 2 saturated heterocycles. The number of carbonyl (C=O) groups is 1. The van der Waals surface area contributed by atoms with E-state index in [1.807, 2.05) is 47.5 Å². The van der Waals surface area contributed by atoms with Gasteiger partial charge in [-0.05, 0) is 46.9 Å². The van der Waals surface area contributed by atoms with Gasteiger partial charge in [0.25, 0.3) is 0 Å². The van der Waals surface area contributed by atoms with E-state index < -0.39 is 11.4 Å². The maximum absolute atomic E-state index is 14.7. The van der Waals surface area contributed by atoms with Crippen LogP contribution >= 0.6 is 0 Å². The summed E-state index contributed by atoms with van der Waals surface area (Å²) in [5.41, 5.74) is 1.12. The molecule has 0 spiro atoms. The van der Waals surface area contributed by atoms with Crippen molar-refractivity contribution in [1.29, 1.82) is 0 Å². The Hall–Kier alpha value is -3.27. The van der Waals surface area contributed by atoms with Crippen LogP contribution in [-0.2, 0) is 10.3 Å². The number of aromatic nitrogens is 4. The minimum Gasteiger partial charge on any atom is -0.352 e. The smallest absolute Gasteiger partial charge is 0.227 e. The molecule has 5 heterocycles. The minimum atomic E-state index is -0.611. The van der Waals surface area contributed by atoms with E-state index in [1.54, 1.807) is 6.20 Å². The zero-order valence-corrected chi connectivity index (χ0v) is 20.9. The third-order valence-electron chi connectivity index (χ3n) is 7.40. The number of halogens is 1. The van der Waals surface area contributed by atoms with Crippen LogP contribution in [0.2, 0.25) is 0 Å². The Morgan fingerprint density at radius 1 is 1.06 bits per heavy atom. The van der Waals surface area contributed by atoms with E-state index in [2.05, 4.69) is 51.0 Å². The number of nitrogens with zero attached hydrogens (tertiary/aromatic N) is 7. The molecule has 0 saturated carbocycles. The van der Waals surface area contributed by atoms with Crippen LogP contribution in [-0.4, -0.2) is 75.5 Å². The molecule has 3 aromatic rings. The molecule has 0 aliphatic carbocycles. The molecule has 186 valence electrons. The maximum atomic E-state index is 14.7. The number of fused-ring (bicyclic) bond motifs is 1. The number of imidazole rings is 1. The van der Waals surface area contributed by atoms with Gasteiger partial charge in [0.1, 0.15) is 5.65 Å². The lowest BCUT2D eigenvalue weighted by atomic mass is 9.95. The molecule has 10 heteroatoms. The summed E-state index contributed by atoms with van der Waals surface area (Å²) in [5, 5.41) is 3.15. The SMILES string of the molecule is CC1CN(c2ncc(F)c(N3CC(C(=O)NC(C)(C)c4cnc5ccccn45)C3)n2)C[C@H](C)N1C. The average molecular weight is 481 g/mol. The molecule has 0 radical (unpaired) electrons. The number of nitrogens with one attached hydrogen (secondary N) is 1. The second-order valence-electron chi connectivity index (χ2n) is 10.4. The number of hydrogen-bond acceptors (Lipinski definition) is 7. The molecule has 2 aliphatic rings. The molecule has 0 bridgehead atoms. The van der Waals surface area contributed by atoms with E-state index in [4.69, 9.17) is 0 Å². The molecule has 1 amide bonds. The van der Waals surface area contributed by atoms with Crippen molar-refractivity contribution in [1.82, 2.24) is 29.6 Å². The van der Waals surface area contributed by atoms with Crippen LogP contribution in [0.1, 0.15) is 33.4 Å². The van der Waals surface area contributed by atoms with Gasteiger partial charge in [0, 0.05) is 44.5 Å². The van der Waals surface area contributed by atoms with Gasteiger partial charge in [0.2, 0.25) is 11.9 Å². The quantitative estimate of drug-likeness (QED) is 0.600. The van der Waals surface area contributed by atoms with E-state index in [9.17, 15) is 9.18 Å². The summed E-state index contributed by atoms with van der Waals surface area (Å²) in [6.45, 7) is 10.7. The summed E-state index contributed by atoms with van der Waals surface area (Å²) < 4.78 is 16.6. The molecule has 9 nitrogen and oxygen atoms in total. The average Bonchev–Trinajstić information content (AvgIpc) is 3.22. The summed E-state index contributed by atoms with van der Waals surface area (Å²) in [6, 6.07) is 6.50. The Morgan fingerprint density at radius 2 is 1.77 bits per heavy atom. The molecule has 35 heavy (non-hydrogen) atoms. The zero-order chi connectivity index (χ0) is 24.9. The van der Waals surface area contributed by atoms with Gasteiger partial charge in [-0.1, -0.05) is 6.07 Å². The lowest BCUT2D eigenvalue weighted by Crippen LogP contribution is -2.57. The van der Waals surface area contributed by atoms with Crippen molar-refractivity contribution in [3.05, 3.63) is 48.3 Å². The first-order chi connectivity index (χ1) is 16.6. The summed E-state index contributed by atoms with van der Waals surface area (Å²) in [5.74, 6) is 0.0339. The van der Waals surface area contributed by atoms with Crippen molar-refractivity contribution >= 4 is 23.3 Å². The first-order valence-corrected chi connectivity index (χ1v) is 12.1. The minimum absolute atomic E-state index is 0.0615. The maximum Gasteiger partial charge on any atom is 0.227 e. The van der Waals surface area contributed by atoms with Crippen LogP contribution in [0.25, 0.3) is 5.65 Å². The second-order valence-corrected chi connectivity index (χ2v) is 10.4. The zero-order valence-electron chi connectivity index (χ0n) is 20.9. The van der Waals surface area contributed by atoms with E-state index in [1.165, 1.54) is 6.20 Å². The largest absolute Gasteiger partial charge is 0.352 e. The summed E-state index contributed by atoms with van der Waals surface area (Å²) in [7, 11) is 2.12. The van der Waals surface area contributed by atoms with Gasteiger partial charge in [0.15, 0.2) is 11.6 Å². The molecule has 2 fully saturated rings. The monoisotopic (exact) mass is 480 g/mol. The Kier molecular flexibility index (Phi) is 5.86. The third-order valence-corrected chi connectivity index (χ3v) is 7.40. The topological polar surface area (TPSA) is 81.9 Å². The molecule has 1 N–H and O–H groups in total. The number of pyridine rings is 1. The van der Waals surface area contributed by atoms with Crippen LogP contribution in [0.3, 0.4) is 0 Å². The number of rotatable bonds is 5. The molecule has 5 rings (SSSR count). The van der Waals surface area contributed by atoms with Crippen LogP contribution in [0.4, 0.5) is 16.2 Å². The van der Waals surface area contributed by atoms with Crippen molar-refractivity contribution < 1.29 is 9.18 Å². The van der Waals surface area contributed by atoms with Crippen LogP contribution in [0, 0.1) is 11.7 Å². The van der Waals surface area contributed by atoms with Gasteiger partial charge in [-0.2, -0.15) is 4.98 Å². The molecule has 2 aliphatic heterocycles. The number of likely N-dealkylation sites (N-methyl/N-ethyl adjacent to an activating group) is 1. The highest BCUT2D eigenvalue weighted by Crippen LogP contribution is 2.29. The predicted octanol–water partition coefficient (Wildman–Crippen LogP) is 2.28. The van der Waals surface area contributed by atoms with E-state index in [0.29, 0.717) is 31.1 Å². The Balaban J connectivity index is 1.25. The Labute approximate surface area is 205 Å². The fourth-order valence-corrected chi connectivity index (χ4v) is 4.98. The summed E-state index contributed by atoms with van der Waals surface area (Å²) in [6.07, 6.45) is 4.97. The standard InChI is InChI=1S/C25H33FN8O/c1-16-12-33(13-17(2)31(16)5)24-28-10-19(26)22(29-24)32-14-18(15-32)23(35)30-25(3,4)20-11-27-21-8-6-7-9-34(20)21/h6-11,16-18H,12-15H2,1-5H3,(H,30,35)/t16-,17?/m0/s1. The van der Waals surface area contributed by atoms with Gasteiger partial charge >= 0.3 is 0 Å². The highest BCUT2D eigenvalue weighted by atomic mass is 19.1. The van der Waals surface area contributed by atoms with Crippen molar-refractivity contribution in [3.63, 3.8) is 0 Å². The Bertz CT molecular complexity index is 1230. The Morgan fingerprint density at radius 3 is 2.49 bits per heavy atom. The number of hydrogen-bond donors (Lipinski definition) is 1. The fourth-order valence-electron chi connectivity index (χ4n) is 4.98. The molecular weight excluding hydrogens is 447 g/mol. The van der Waals surface area contributed by atoms with Crippen molar-refractivity contribution in [3.8, 4) is 0 Å². The first-order valence-electron chi connectivity index (χ1n) is 12.1. The normalized spacial score (nSPS) is 21.9. The van der Waals surface area contributed by atoms with Crippen LogP contribution in [0.15, 0.2) is 36.8 Å². The van der Waals surface area contributed by atoms with Crippen LogP contribution < -0.4 is 15.1 Å². The van der Waals surface area contributed by atoms with Gasteiger partial charge in [-0.25, -0.2) is 14.4 Å². The number of amides is 1. The summed E-state index contributed by atoms with van der Waals surface area (Å²) in [4.78, 5) is 32.6. The van der Waals surface area contributed by atoms with Crippen molar-refractivity contribution in [2.45, 2.75) is 45.3 Å². The van der Waals surface area contributed by atoms with E-state index in [-0.39, 0.29) is 17.6 Å².